The first kappa shape index (κ1) is 15.7. The third kappa shape index (κ3) is 3.27. The molecule has 2 aromatic rings. The average Bonchev–Trinajstić information content (AvgIpc) is 3.04. The van der Waals surface area contributed by atoms with Gasteiger partial charge in [-0.05, 0) is 23.9 Å². The Hall–Kier alpha value is -2.19. The van der Waals surface area contributed by atoms with Crippen LogP contribution in [-0.2, 0) is 16.8 Å². The summed E-state index contributed by atoms with van der Waals surface area (Å²) < 4.78 is 11.0. The predicted octanol–water partition coefficient (Wildman–Crippen LogP) is 2.16. The highest BCUT2D eigenvalue weighted by molar-refractivity contribution is 7.10. The second-order valence-electron chi connectivity index (χ2n) is 5.33. The highest BCUT2D eigenvalue weighted by atomic mass is 32.1. The molecule has 1 atom stereocenters. The lowest BCUT2D eigenvalue weighted by atomic mass is 9.93. The molecule has 23 heavy (non-hydrogen) atoms. The summed E-state index contributed by atoms with van der Waals surface area (Å²) in [6.45, 7) is 3.02. The van der Waals surface area contributed by atoms with E-state index in [1.807, 2.05) is 6.92 Å². The number of hydrogen-bond acceptors (Lipinski definition) is 6. The molecule has 3 rings (SSSR count). The fourth-order valence-electron chi connectivity index (χ4n) is 2.56. The number of thiophene rings is 1. The smallest absolute Gasteiger partial charge is 0.320 e. The second kappa shape index (κ2) is 6.51. The van der Waals surface area contributed by atoms with Gasteiger partial charge in [-0.15, -0.1) is 11.3 Å². The summed E-state index contributed by atoms with van der Waals surface area (Å²) in [5.41, 5.74) is 0.634. The molecule has 8 heteroatoms. The zero-order chi connectivity index (χ0) is 16.3. The van der Waals surface area contributed by atoms with Crippen molar-refractivity contribution >= 4 is 23.2 Å². The minimum Gasteiger partial charge on any atom is -0.491 e. The summed E-state index contributed by atoms with van der Waals surface area (Å²) >= 11 is 1.73. The number of rotatable bonds is 4. The summed E-state index contributed by atoms with van der Waals surface area (Å²) in [4.78, 5) is 21.3. The van der Waals surface area contributed by atoms with Crippen LogP contribution in [0.1, 0.15) is 17.4 Å². The summed E-state index contributed by atoms with van der Waals surface area (Å²) in [5.74, 6) is 0.730. The molecule has 0 bridgehead atoms. The molecular formula is C15H18N4O3S. The van der Waals surface area contributed by atoms with E-state index >= 15 is 0 Å². The minimum absolute atomic E-state index is 0.325. The molecule has 0 saturated carbocycles. The summed E-state index contributed by atoms with van der Waals surface area (Å²) in [6.07, 6.45) is 3.76. The van der Waals surface area contributed by atoms with Crippen LogP contribution in [0.4, 0.5) is 10.6 Å². The van der Waals surface area contributed by atoms with Crippen LogP contribution in [0.25, 0.3) is 0 Å². The van der Waals surface area contributed by atoms with Gasteiger partial charge in [0.05, 0.1) is 26.5 Å². The number of fused-ring (bicyclic) bond motifs is 1. The van der Waals surface area contributed by atoms with Gasteiger partial charge in [0, 0.05) is 11.3 Å². The molecular weight excluding hydrogens is 316 g/mol. The van der Waals surface area contributed by atoms with Crippen molar-refractivity contribution in [1.82, 2.24) is 15.3 Å². The first-order chi connectivity index (χ1) is 11.1. The lowest BCUT2D eigenvalue weighted by Crippen LogP contribution is -2.44. The molecule has 0 radical (unpaired) electrons. The van der Waals surface area contributed by atoms with Crippen LogP contribution in [0.3, 0.4) is 0 Å². The Labute approximate surface area is 138 Å². The van der Waals surface area contributed by atoms with Gasteiger partial charge < -0.3 is 14.8 Å². The van der Waals surface area contributed by atoms with Crippen molar-refractivity contribution in [2.45, 2.75) is 18.9 Å². The predicted molar refractivity (Wildman–Crippen MR) is 86.9 cm³/mol. The average molecular weight is 334 g/mol. The molecule has 1 unspecified atom stereocenters. The van der Waals surface area contributed by atoms with Crippen molar-refractivity contribution in [3.05, 3.63) is 34.4 Å². The van der Waals surface area contributed by atoms with Gasteiger partial charge in [-0.2, -0.15) is 0 Å². The molecule has 7 nitrogen and oxygen atoms in total. The normalized spacial score (nSPS) is 19.7. The topological polar surface area (TPSA) is 85.4 Å². The van der Waals surface area contributed by atoms with Gasteiger partial charge in [0.15, 0.2) is 11.6 Å². The number of anilines is 1. The molecule has 0 fully saturated rings. The van der Waals surface area contributed by atoms with Gasteiger partial charge in [-0.1, -0.05) is 0 Å². The van der Waals surface area contributed by atoms with E-state index in [4.69, 9.17) is 9.47 Å². The summed E-state index contributed by atoms with van der Waals surface area (Å²) in [7, 11) is 1.50. The summed E-state index contributed by atoms with van der Waals surface area (Å²) in [5, 5.41) is 7.55. The quantitative estimate of drug-likeness (QED) is 0.895. The van der Waals surface area contributed by atoms with E-state index in [0.29, 0.717) is 24.7 Å². The molecule has 2 aromatic heterocycles. The molecule has 0 spiro atoms. The molecule has 3 heterocycles. The van der Waals surface area contributed by atoms with Crippen molar-refractivity contribution in [1.29, 1.82) is 0 Å². The molecule has 0 aromatic carbocycles. The van der Waals surface area contributed by atoms with Crippen molar-refractivity contribution in [3.63, 3.8) is 0 Å². The number of nitrogens with zero attached hydrogens (tertiary/aromatic N) is 2. The largest absolute Gasteiger partial charge is 0.491 e. The van der Waals surface area contributed by atoms with Crippen molar-refractivity contribution in [3.8, 4) is 5.75 Å². The van der Waals surface area contributed by atoms with Crippen LogP contribution in [0.15, 0.2) is 24.0 Å². The number of nitrogens with one attached hydrogen (secondary N) is 2. The van der Waals surface area contributed by atoms with E-state index in [2.05, 4.69) is 32.0 Å². The second-order valence-corrected chi connectivity index (χ2v) is 6.33. The maximum Gasteiger partial charge on any atom is 0.320 e. The molecule has 1 aliphatic heterocycles. The maximum absolute atomic E-state index is 12.1. The Morgan fingerprint density at radius 3 is 3.26 bits per heavy atom. The van der Waals surface area contributed by atoms with Gasteiger partial charge in [-0.25, -0.2) is 14.8 Å². The van der Waals surface area contributed by atoms with E-state index in [1.54, 1.807) is 11.3 Å². The number of methoxy groups -OCH3 is 1. The van der Waals surface area contributed by atoms with Crippen LogP contribution in [0.5, 0.6) is 5.75 Å². The van der Waals surface area contributed by atoms with E-state index in [0.717, 1.165) is 12.0 Å². The van der Waals surface area contributed by atoms with E-state index in [1.165, 1.54) is 24.5 Å². The lowest BCUT2D eigenvalue weighted by Gasteiger charge is -2.34. The SMILES string of the molecule is COc1cncnc1NC(=O)NCC1(C)OCCc2sccc21. The zero-order valence-corrected chi connectivity index (χ0v) is 13.8. The Balaban J connectivity index is 1.64. The summed E-state index contributed by atoms with van der Waals surface area (Å²) in [6, 6.07) is 1.70. The number of amides is 2. The van der Waals surface area contributed by atoms with Crippen LogP contribution in [-0.4, -0.2) is 36.3 Å². The van der Waals surface area contributed by atoms with Crippen LogP contribution in [0, 0.1) is 0 Å². The third-order valence-electron chi connectivity index (χ3n) is 3.78. The lowest BCUT2D eigenvalue weighted by molar-refractivity contribution is -0.0416. The molecule has 2 amide bonds. The van der Waals surface area contributed by atoms with Crippen molar-refractivity contribution < 1.29 is 14.3 Å². The highest BCUT2D eigenvalue weighted by Gasteiger charge is 2.34. The fourth-order valence-corrected chi connectivity index (χ4v) is 3.54. The first-order valence-corrected chi connectivity index (χ1v) is 8.10. The number of ether oxygens (including phenoxy) is 2. The van der Waals surface area contributed by atoms with E-state index in [9.17, 15) is 4.79 Å². The van der Waals surface area contributed by atoms with E-state index in [-0.39, 0.29) is 6.03 Å². The minimum atomic E-state index is -0.513. The molecule has 2 N–H and O–H groups in total. The molecule has 1 aliphatic rings. The Morgan fingerprint density at radius 2 is 2.43 bits per heavy atom. The number of urea groups is 1. The number of carbonyl (C=O) groups is 1. The Bertz CT molecular complexity index is 706. The van der Waals surface area contributed by atoms with Gasteiger partial charge in [-0.3, -0.25) is 5.32 Å². The number of carbonyl (C=O) groups excluding carboxylic acids is 1. The highest BCUT2D eigenvalue weighted by Crippen LogP contribution is 2.35. The monoisotopic (exact) mass is 334 g/mol. The van der Waals surface area contributed by atoms with Gasteiger partial charge in [0.2, 0.25) is 0 Å². The van der Waals surface area contributed by atoms with Gasteiger partial charge in [0.1, 0.15) is 11.9 Å². The van der Waals surface area contributed by atoms with Crippen molar-refractivity contribution in [2.24, 2.45) is 0 Å². The molecule has 122 valence electrons. The first-order valence-electron chi connectivity index (χ1n) is 7.22. The molecule has 0 saturated heterocycles. The van der Waals surface area contributed by atoms with Crippen LogP contribution in [0.2, 0.25) is 0 Å². The van der Waals surface area contributed by atoms with Crippen molar-refractivity contribution in [2.75, 3.05) is 25.6 Å². The fraction of sp³-hybridized carbons (Fsp3) is 0.400. The van der Waals surface area contributed by atoms with Gasteiger partial charge >= 0.3 is 6.03 Å². The Morgan fingerprint density at radius 1 is 1.57 bits per heavy atom. The standard InChI is InChI=1S/C15H18N4O3S/c1-15(10-4-6-23-12(10)3-5-22-15)8-17-14(20)19-13-11(21-2)7-16-9-18-13/h4,6-7,9H,3,5,8H2,1-2H3,(H2,16,17,18,19,20). The molecule has 0 aliphatic carbocycles. The van der Waals surface area contributed by atoms with Crippen LogP contribution >= 0.6 is 11.3 Å². The number of hydrogen-bond donors (Lipinski definition) is 2. The van der Waals surface area contributed by atoms with Gasteiger partial charge in [0.25, 0.3) is 0 Å². The van der Waals surface area contributed by atoms with E-state index < -0.39 is 5.60 Å². The number of aromatic nitrogens is 2. The Kier molecular flexibility index (Phi) is 4.44. The third-order valence-corrected chi connectivity index (χ3v) is 4.76. The zero-order valence-electron chi connectivity index (χ0n) is 13.0. The maximum atomic E-state index is 12.1. The van der Waals surface area contributed by atoms with Crippen LogP contribution < -0.4 is 15.4 Å².